The van der Waals surface area contributed by atoms with Gasteiger partial charge in [-0.15, -0.1) is 0 Å². The van der Waals surface area contributed by atoms with Gasteiger partial charge in [-0.25, -0.2) is 0 Å². The Hall–Kier alpha value is -2.02. The van der Waals surface area contributed by atoms with E-state index in [1.807, 2.05) is 12.1 Å². The monoisotopic (exact) mass is 257 g/mol. The average molecular weight is 257 g/mol. The summed E-state index contributed by atoms with van der Waals surface area (Å²) in [6.45, 7) is 0.591. The van der Waals surface area contributed by atoms with Crippen LogP contribution in [0.25, 0.3) is 0 Å². The van der Waals surface area contributed by atoms with E-state index >= 15 is 0 Å². The zero-order chi connectivity index (χ0) is 13.5. The first kappa shape index (κ1) is 13.4. The number of nitrogens with one attached hydrogen (secondary N) is 2. The van der Waals surface area contributed by atoms with Crippen molar-refractivity contribution in [2.75, 3.05) is 11.9 Å². The van der Waals surface area contributed by atoms with Crippen LogP contribution < -0.4 is 10.6 Å². The summed E-state index contributed by atoms with van der Waals surface area (Å²) in [5, 5.41) is 15.0. The number of nitrogens with zero attached hydrogens (tertiary/aromatic N) is 1. The van der Waals surface area contributed by atoms with Gasteiger partial charge in [-0.1, -0.05) is 18.9 Å². The van der Waals surface area contributed by atoms with E-state index in [9.17, 15) is 4.79 Å². The van der Waals surface area contributed by atoms with Gasteiger partial charge in [-0.3, -0.25) is 4.79 Å². The lowest BCUT2D eigenvalue weighted by Crippen LogP contribution is -2.33. The molecule has 0 aliphatic heterocycles. The van der Waals surface area contributed by atoms with E-state index in [-0.39, 0.29) is 5.91 Å². The van der Waals surface area contributed by atoms with Crippen LogP contribution in [-0.4, -0.2) is 18.5 Å². The molecule has 1 aromatic rings. The second-order valence-electron chi connectivity index (χ2n) is 4.92. The van der Waals surface area contributed by atoms with Crippen LogP contribution in [0.5, 0.6) is 0 Å². The van der Waals surface area contributed by atoms with Crippen LogP contribution in [0.1, 0.15) is 37.7 Å². The standard InChI is InChI=1S/C15H19N3O/c16-11-12-4-3-7-14(10-12)17-9-8-15(19)18-13-5-1-2-6-13/h3-4,7,10,13,17H,1-2,5-6,8-9H2,(H,18,19). The van der Waals surface area contributed by atoms with Crippen molar-refractivity contribution in [2.24, 2.45) is 0 Å². The van der Waals surface area contributed by atoms with Gasteiger partial charge >= 0.3 is 0 Å². The highest BCUT2D eigenvalue weighted by atomic mass is 16.1. The second kappa shape index (κ2) is 6.79. The average Bonchev–Trinajstić information content (AvgIpc) is 2.92. The first-order valence-electron chi connectivity index (χ1n) is 6.81. The van der Waals surface area contributed by atoms with Gasteiger partial charge in [0.1, 0.15) is 0 Å². The number of hydrogen-bond acceptors (Lipinski definition) is 3. The molecule has 0 bridgehead atoms. The van der Waals surface area contributed by atoms with Crippen LogP contribution in [0.15, 0.2) is 24.3 Å². The fourth-order valence-corrected chi connectivity index (χ4v) is 2.39. The van der Waals surface area contributed by atoms with Gasteiger partial charge < -0.3 is 10.6 Å². The molecule has 100 valence electrons. The summed E-state index contributed by atoms with van der Waals surface area (Å²) in [5.74, 6) is 0.107. The van der Waals surface area contributed by atoms with Gasteiger partial charge in [0.25, 0.3) is 0 Å². The third-order valence-electron chi connectivity index (χ3n) is 3.39. The predicted molar refractivity (Wildman–Crippen MR) is 74.7 cm³/mol. The highest BCUT2D eigenvalue weighted by molar-refractivity contribution is 5.76. The maximum Gasteiger partial charge on any atom is 0.221 e. The van der Waals surface area contributed by atoms with Crippen molar-refractivity contribution in [3.05, 3.63) is 29.8 Å². The molecule has 1 amide bonds. The van der Waals surface area contributed by atoms with Gasteiger partial charge in [-0.05, 0) is 31.0 Å². The van der Waals surface area contributed by atoms with E-state index in [2.05, 4.69) is 16.7 Å². The van der Waals surface area contributed by atoms with Crippen LogP contribution >= 0.6 is 0 Å². The van der Waals surface area contributed by atoms with Crippen molar-refractivity contribution in [2.45, 2.75) is 38.1 Å². The lowest BCUT2D eigenvalue weighted by atomic mass is 10.2. The maximum absolute atomic E-state index is 11.7. The van der Waals surface area contributed by atoms with Gasteiger partial charge in [0.2, 0.25) is 5.91 Å². The van der Waals surface area contributed by atoms with E-state index in [1.165, 1.54) is 12.8 Å². The van der Waals surface area contributed by atoms with E-state index < -0.39 is 0 Å². The Kier molecular flexibility index (Phi) is 4.79. The number of benzene rings is 1. The van der Waals surface area contributed by atoms with E-state index in [4.69, 9.17) is 5.26 Å². The van der Waals surface area contributed by atoms with Gasteiger partial charge in [0.15, 0.2) is 0 Å². The fourth-order valence-electron chi connectivity index (χ4n) is 2.39. The van der Waals surface area contributed by atoms with Crippen LogP contribution in [-0.2, 0) is 4.79 Å². The summed E-state index contributed by atoms with van der Waals surface area (Å²) in [4.78, 5) is 11.7. The molecule has 19 heavy (non-hydrogen) atoms. The van der Waals surface area contributed by atoms with Gasteiger partial charge in [0, 0.05) is 24.7 Å². The molecule has 1 aliphatic carbocycles. The predicted octanol–water partition coefficient (Wildman–Crippen LogP) is 2.42. The highest BCUT2D eigenvalue weighted by Gasteiger charge is 2.16. The van der Waals surface area contributed by atoms with Crippen LogP contribution in [0, 0.1) is 11.3 Å². The summed E-state index contributed by atoms with van der Waals surface area (Å²) in [6.07, 6.45) is 5.15. The summed E-state index contributed by atoms with van der Waals surface area (Å²) in [6, 6.07) is 9.76. The molecule has 2 rings (SSSR count). The van der Waals surface area contributed by atoms with Gasteiger partial charge in [0.05, 0.1) is 11.6 Å². The van der Waals surface area contributed by atoms with Crippen molar-refractivity contribution < 1.29 is 4.79 Å². The Labute approximate surface area is 113 Å². The zero-order valence-corrected chi connectivity index (χ0v) is 11.0. The Morgan fingerprint density at radius 2 is 2.16 bits per heavy atom. The molecule has 2 N–H and O–H groups in total. The highest BCUT2D eigenvalue weighted by Crippen LogP contribution is 2.17. The largest absolute Gasteiger partial charge is 0.384 e. The molecule has 0 atom stereocenters. The van der Waals surface area contributed by atoms with Gasteiger partial charge in [-0.2, -0.15) is 5.26 Å². The number of carbonyl (C=O) groups is 1. The molecule has 0 aromatic heterocycles. The molecule has 1 saturated carbocycles. The topological polar surface area (TPSA) is 64.9 Å². The maximum atomic E-state index is 11.7. The Morgan fingerprint density at radius 1 is 1.37 bits per heavy atom. The molecule has 0 radical (unpaired) electrons. The zero-order valence-electron chi connectivity index (χ0n) is 11.0. The first-order valence-corrected chi connectivity index (χ1v) is 6.81. The molecule has 4 nitrogen and oxygen atoms in total. The van der Waals surface area contributed by atoms with Crippen LogP contribution in [0.4, 0.5) is 5.69 Å². The Balaban J connectivity index is 1.70. The Morgan fingerprint density at radius 3 is 2.89 bits per heavy atom. The molecule has 1 fully saturated rings. The van der Waals surface area contributed by atoms with E-state index in [0.29, 0.717) is 24.6 Å². The number of rotatable bonds is 5. The summed E-state index contributed by atoms with van der Waals surface area (Å²) in [7, 11) is 0. The molecule has 1 aliphatic rings. The molecule has 0 unspecified atom stereocenters. The van der Waals surface area contributed by atoms with Crippen molar-refractivity contribution in [1.29, 1.82) is 5.26 Å². The van der Waals surface area contributed by atoms with E-state index in [0.717, 1.165) is 18.5 Å². The molecule has 0 heterocycles. The number of nitriles is 1. The summed E-state index contributed by atoms with van der Waals surface area (Å²) < 4.78 is 0. The lowest BCUT2D eigenvalue weighted by molar-refractivity contribution is -0.121. The molecular weight excluding hydrogens is 238 g/mol. The normalized spacial score (nSPS) is 14.9. The molecule has 1 aromatic carbocycles. The third kappa shape index (κ3) is 4.29. The quantitative estimate of drug-likeness (QED) is 0.851. The molecule has 0 spiro atoms. The molecule has 0 saturated heterocycles. The minimum atomic E-state index is 0.107. The second-order valence-corrected chi connectivity index (χ2v) is 4.92. The Bertz CT molecular complexity index is 473. The van der Waals surface area contributed by atoms with Crippen LogP contribution in [0.3, 0.4) is 0 Å². The third-order valence-corrected chi connectivity index (χ3v) is 3.39. The van der Waals surface area contributed by atoms with Crippen molar-refractivity contribution in [3.8, 4) is 6.07 Å². The number of amides is 1. The molecule has 4 heteroatoms. The van der Waals surface area contributed by atoms with Crippen molar-refractivity contribution in [3.63, 3.8) is 0 Å². The summed E-state index contributed by atoms with van der Waals surface area (Å²) >= 11 is 0. The van der Waals surface area contributed by atoms with Crippen molar-refractivity contribution in [1.82, 2.24) is 5.32 Å². The van der Waals surface area contributed by atoms with E-state index in [1.54, 1.807) is 12.1 Å². The summed E-state index contributed by atoms with van der Waals surface area (Å²) in [5.41, 5.74) is 1.51. The molecular formula is C15H19N3O. The SMILES string of the molecule is N#Cc1cccc(NCCC(=O)NC2CCCC2)c1. The number of anilines is 1. The fraction of sp³-hybridized carbons (Fsp3) is 0.467. The minimum absolute atomic E-state index is 0.107. The van der Waals surface area contributed by atoms with Crippen LogP contribution in [0.2, 0.25) is 0 Å². The minimum Gasteiger partial charge on any atom is -0.384 e. The smallest absolute Gasteiger partial charge is 0.221 e. The number of carbonyl (C=O) groups excluding carboxylic acids is 1. The number of hydrogen-bond donors (Lipinski definition) is 2. The first-order chi connectivity index (χ1) is 9.28. The lowest BCUT2D eigenvalue weighted by Gasteiger charge is -2.12. The van der Waals surface area contributed by atoms with Crippen molar-refractivity contribution >= 4 is 11.6 Å².